The summed E-state index contributed by atoms with van der Waals surface area (Å²) in [6.07, 6.45) is 1.57. The molecule has 0 unspecified atom stereocenters. The fraction of sp³-hybridized carbons (Fsp3) is 0.150. The predicted molar refractivity (Wildman–Crippen MR) is 102 cm³/mol. The van der Waals surface area contributed by atoms with Crippen molar-refractivity contribution >= 4 is 23.2 Å². The third kappa shape index (κ3) is 3.80. The lowest BCUT2D eigenvalue weighted by Gasteiger charge is -2.17. The van der Waals surface area contributed by atoms with E-state index >= 15 is 0 Å². The van der Waals surface area contributed by atoms with Gasteiger partial charge in [0, 0.05) is 18.9 Å². The lowest BCUT2D eigenvalue weighted by atomic mass is 10.2. The monoisotopic (exact) mass is 348 g/mol. The second-order valence-electron chi connectivity index (χ2n) is 5.79. The van der Waals surface area contributed by atoms with E-state index < -0.39 is 0 Å². The summed E-state index contributed by atoms with van der Waals surface area (Å²) in [5, 5.41) is 2.85. The number of rotatable bonds is 5. The number of hydrogen-bond acceptors (Lipinski definition) is 5. The van der Waals surface area contributed by atoms with Crippen LogP contribution < -0.4 is 15.0 Å². The Bertz CT molecular complexity index is 913. The van der Waals surface area contributed by atoms with Gasteiger partial charge in [0.25, 0.3) is 5.91 Å². The molecule has 0 bridgehead atoms. The highest BCUT2D eigenvalue weighted by Gasteiger charge is 2.14. The van der Waals surface area contributed by atoms with Gasteiger partial charge in [0.05, 0.1) is 12.8 Å². The molecule has 132 valence electrons. The van der Waals surface area contributed by atoms with Crippen LogP contribution in [0.1, 0.15) is 16.1 Å². The number of ether oxygens (including phenoxy) is 1. The van der Waals surface area contributed by atoms with Gasteiger partial charge in [-0.2, -0.15) is 0 Å². The summed E-state index contributed by atoms with van der Waals surface area (Å²) >= 11 is 0. The van der Waals surface area contributed by atoms with Crippen molar-refractivity contribution in [2.75, 3.05) is 24.4 Å². The Balaban J connectivity index is 1.84. The average molecular weight is 348 g/mol. The molecule has 26 heavy (non-hydrogen) atoms. The summed E-state index contributed by atoms with van der Waals surface area (Å²) in [5.74, 6) is 0.721. The number of anilines is 3. The number of carbonyl (C=O) groups is 1. The van der Waals surface area contributed by atoms with E-state index in [9.17, 15) is 4.79 Å². The summed E-state index contributed by atoms with van der Waals surface area (Å²) in [7, 11) is 3.42. The molecule has 0 aliphatic heterocycles. The van der Waals surface area contributed by atoms with Gasteiger partial charge in [-0.1, -0.05) is 24.3 Å². The largest absolute Gasteiger partial charge is 0.495 e. The number of benzene rings is 2. The molecule has 0 saturated heterocycles. The van der Waals surface area contributed by atoms with Gasteiger partial charge < -0.3 is 15.0 Å². The molecular weight excluding hydrogens is 328 g/mol. The molecule has 6 heteroatoms. The number of nitrogens with one attached hydrogen (secondary N) is 1. The number of amides is 1. The molecule has 1 aromatic heterocycles. The Morgan fingerprint density at radius 2 is 1.88 bits per heavy atom. The van der Waals surface area contributed by atoms with Crippen molar-refractivity contribution in [3.63, 3.8) is 0 Å². The van der Waals surface area contributed by atoms with Gasteiger partial charge in [-0.15, -0.1) is 0 Å². The lowest BCUT2D eigenvalue weighted by molar-refractivity contribution is 0.102. The minimum absolute atomic E-state index is 0.279. The van der Waals surface area contributed by atoms with Gasteiger partial charge in [0.2, 0.25) is 5.95 Å². The number of methoxy groups -OCH3 is 1. The number of aryl methyl sites for hydroxylation is 1. The molecule has 0 radical (unpaired) electrons. The van der Waals surface area contributed by atoms with Gasteiger partial charge >= 0.3 is 0 Å². The molecule has 2 aromatic carbocycles. The van der Waals surface area contributed by atoms with Crippen molar-refractivity contribution in [2.24, 2.45) is 0 Å². The first-order valence-electron chi connectivity index (χ1n) is 8.16. The van der Waals surface area contributed by atoms with Crippen LogP contribution in [-0.4, -0.2) is 30.0 Å². The zero-order valence-corrected chi connectivity index (χ0v) is 14.9. The van der Waals surface area contributed by atoms with Gasteiger partial charge in [0.1, 0.15) is 11.4 Å². The molecule has 0 aliphatic carbocycles. The van der Waals surface area contributed by atoms with Crippen molar-refractivity contribution in [1.29, 1.82) is 0 Å². The van der Waals surface area contributed by atoms with E-state index in [1.807, 2.05) is 67.4 Å². The zero-order valence-electron chi connectivity index (χ0n) is 14.9. The van der Waals surface area contributed by atoms with Gasteiger partial charge in [-0.25, -0.2) is 9.97 Å². The maximum absolute atomic E-state index is 12.6. The highest BCUT2D eigenvalue weighted by molar-refractivity contribution is 6.03. The second kappa shape index (κ2) is 7.65. The highest BCUT2D eigenvalue weighted by atomic mass is 16.5. The number of aromatic nitrogens is 2. The maximum atomic E-state index is 12.6. The number of carbonyl (C=O) groups excluding carboxylic acids is 1. The predicted octanol–water partition coefficient (Wildman–Crippen LogP) is 3.81. The van der Waals surface area contributed by atoms with E-state index in [0.717, 1.165) is 11.3 Å². The summed E-state index contributed by atoms with van der Waals surface area (Å²) < 4.78 is 5.30. The van der Waals surface area contributed by atoms with Crippen molar-refractivity contribution in [2.45, 2.75) is 6.92 Å². The van der Waals surface area contributed by atoms with E-state index in [1.165, 1.54) is 0 Å². The topological polar surface area (TPSA) is 67.3 Å². The number of nitrogens with zero attached hydrogens (tertiary/aromatic N) is 3. The first-order valence-corrected chi connectivity index (χ1v) is 8.16. The third-order valence-corrected chi connectivity index (χ3v) is 3.92. The molecule has 0 atom stereocenters. The molecule has 0 spiro atoms. The highest BCUT2D eigenvalue weighted by Crippen LogP contribution is 2.26. The smallest absolute Gasteiger partial charge is 0.274 e. The zero-order chi connectivity index (χ0) is 18.5. The molecular formula is C20H20N4O2. The van der Waals surface area contributed by atoms with Crippen molar-refractivity contribution in [3.8, 4) is 5.75 Å². The molecule has 1 N–H and O–H groups in total. The maximum Gasteiger partial charge on any atom is 0.274 e. The Morgan fingerprint density at radius 1 is 1.12 bits per heavy atom. The fourth-order valence-corrected chi connectivity index (χ4v) is 2.51. The molecule has 0 saturated carbocycles. The van der Waals surface area contributed by atoms with E-state index in [1.54, 1.807) is 19.4 Å². The van der Waals surface area contributed by atoms with E-state index in [0.29, 0.717) is 17.4 Å². The van der Waals surface area contributed by atoms with Crippen LogP contribution in [0.4, 0.5) is 17.3 Å². The Kier molecular flexibility index (Phi) is 5.12. The normalized spacial score (nSPS) is 10.3. The molecule has 0 fully saturated rings. The molecule has 3 rings (SSSR count). The van der Waals surface area contributed by atoms with Crippen molar-refractivity contribution < 1.29 is 9.53 Å². The molecule has 1 heterocycles. The Labute approximate surface area is 152 Å². The first-order chi connectivity index (χ1) is 12.6. The van der Waals surface area contributed by atoms with E-state index in [4.69, 9.17) is 4.74 Å². The minimum atomic E-state index is -0.320. The third-order valence-electron chi connectivity index (χ3n) is 3.92. The summed E-state index contributed by atoms with van der Waals surface area (Å²) in [4.78, 5) is 23.1. The Morgan fingerprint density at radius 3 is 2.62 bits per heavy atom. The quantitative estimate of drug-likeness (QED) is 0.759. The van der Waals surface area contributed by atoms with Crippen LogP contribution in [0.15, 0.2) is 60.8 Å². The van der Waals surface area contributed by atoms with Crippen LogP contribution >= 0.6 is 0 Å². The first kappa shape index (κ1) is 17.4. The van der Waals surface area contributed by atoms with Crippen LogP contribution in [0.25, 0.3) is 0 Å². The molecule has 0 aliphatic rings. The van der Waals surface area contributed by atoms with Crippen LogP contribution in [0, 0.1) is 6.92 Å². The number of para-hydroxylation sites is 1. The van der Waals surface area contributed by atoms with Gasteiger partial charge in [-0.05, 0) is 42.8 Å². The van der Waals surface area contributed by atoms with Gasteiger partial charge in [-0.3, -0.25) is 4.79 Å². The van der Waals surface area contributed by atoms with Crippen LogP contribution in [0.2, 0.25) is 0 Å². The standard InChI is InChI=1S/C20H20N4O2/c1-14-9-10-18(26-3)17(13-14)22-19(25)16-11-12-21-20(23-16)24(2)15-7-5-4-6-8-15/h4-13H,1-3H3,(H,22,25). The Hall–Kier alpha value is -3.41. The van der Waals surface area contributed by atoms with E-state index in [2.05, 4.69) is 15.3 Å². The average Bonchev–Trinajstić information content (AvgIpc) is 2.68. The van der Waals surface area contributed by atoms with Crippen molar-refractivity contribution in [1.82, 2.24) is 9.97 Å². The van der Waals surface area contributed by atoms with Crippen LogP contribution in [-0.2, 0) is 0 Å². The van der Waals surface area contributed by atoms with Crippen LogP contribution in [0.5, 0.6) is 5.75 Å². The number of hydrogen-bond donors (Lipinski definition) is 1. The minimum Gasteiger partial charge on any atom is -0.495 e. The summed E-state index contributed by atoms with van der Waals surface area (Å²) in [6.45, 7) is 1.95. The van der Waals surface area contributed by atoms with Gasteiger partial charge in [0.15, 0.2) is 0 Å². The summed E-state index contributed by atoms with van der Waals surface area (Å²) in [5.41, 5.74) is 2.84. The molecule has 6 nitrogen and oxygen atoms in total. The lowest BCUT2D eigenvalue weighted by Crippen LogP contribution is -2.18. The van der Waals surface area contributed by atoms with Crippen LogP contribution in [0.3, 0.4) is 0 Å². The van der Waals surface area contributed by atoms with E-state index in [-0.39, 0.29) is 11.6 Å². The second-order valence-corrected chi connectivity index (χ2v) is 5.79. The molecule has 3 aromatic rings. The fourth-order valence-electron chi connectivity index (χ4n) is 2.51. The molecule has 1 amide bonds. The van der Waals surface area contributed by atoms with Crippen molar-refractivity contribution in [3.05, 3.63) is 72.1 Å². The SMILES string of the molecule is COc1ccc(C)cc1NC(=O)c1ccnc(N(C)c2ccccc2)n1. The summed E-state index contributed by atoms with van der Waals surface area (Å²) in [6, 6.07) is 16.9.